The van der Waals surface area contributed by atoms with Gasteiger partial charge < -0.3 is 13.7 Å². The zero-order valence-electron chi connectivity index (χ0n) is 40.5. The van der Waals surface area contributed by atoms with E-state index in [0.717, 1.165) is 59.8 Å². The minimum absolute atomic E-state index is 0. The first-order chi connectivity index (χ1) is 33.1. The summed E-state index contributed by atoms with van der Waals surface area (Å²) in [7, 11) is 0. The molecule has 69 heavy (non-hydrogen) atoms. The summed E-state index contributed by atoms with van der Waals surface area (Å²) in [6, 6.07) is 57.4. The monoisotopic (exact) mass is 1080 g/mol. The van der Waals surface area contributed by atoms with Crippen LogP contribution in [0.25, 0.3) is 51.2 Å². The molecule has 3 heterocycles. The molecule has 0 bridgehead atoms. The topological polar surface area (TPSA) is 53.5 Å². The molecule has 7 heteroatoms. The SMILES string of the molecule is Cc1cc(C)c(-n2ccnc2-c2[c-]cccc2)c(C)c1.Cc1cccc(C)c1-n1ccnc1-c1[c-]cc(CCc2cccc(CCc3c[c-]c(-c4nccn4-c4c(C)cccc4C)cc3)c2)cc1.[Ir]. The molecular formula is C62H57IrN6-3. The molecule has 1 radical (unpaired) electrons. The van der Waals surface area contributed by atoms with Gasteiger partial charge in [-0.3, -0.25) is 15.0 Å². The Hall–Kier alpha value is -7.18. The third-order valence-corrected chi connectivity index (χ3v) is 12.7. The summed E-state index contributed by atoms with van der Waals surface area (Å²) in [5.41, 5.74) is 20.6. The van der Waals surface area contributed by atoms with Crippen LogP contribution >= 0.6 is 0 Å². The standard InChI is InChI=1S/C44H40N4.C18H17N2.Ir/c1-31-8-5-9-32(2)41(31)47-28-26-45-43(47)39-22-18-35(19-23-39)14-16-37-12-7-13-38(30-37)17-15-36-20-24-40(25-21-36)44-46-27-29-48(44)42-33(3)10-6-11-34(42)4;1-13-11-14(2)17(15(3)12-13)20-10-9-19-18(20)16-7-5-4-6-8-16;/h5-13,18-22,24,26-30H,14-17H2,1-4H3;4-7,9-12H,1-3H3;/q-2;-1;. The molecule has 0 N–H and O–H groups in total. The predicted octanol–water partition coefficient (Wildman–Crippen LogP) is 14.1. The van der Waals surface area contributed by atoms with Crippen molar-refractivity contribution in [2.75, 3.05) is 0 Å². The summed E-state index contributed by atoms with van der Waals surface area (Å²) in [5.74, 6) is 2.77. The van der Waals surface area contributed by atoms with Crippen LogP contribution in [0.5, 0.6) is 0 Å². The molecule has 347 valence electrons. The number of benzene rings is 7. The number of aromatic nitrogens is 6. The minimum Gasteiger partial charge on any atom is -0.340 e. The average Bonchev–Trinajstić information content (AvgIpc) is 4.14. The Morgan fingerprint density at radius 3 is 1.16 bits per heavy atom. The van der Waals surface area contributed by atoms with Crippen LogP contribution in [-0.4, -0.2) is 28.7 Å². The molecular weight excluding hydrogens is 1020 g/mol. The van der Waals surface area contributed by atoms with E-state index in [1.807, 2.05) is 61.4 Å². The van der Waals surface area contributed by atoms with Gasteiger partial charge in [-0.25, -0.2) is 0 Å². The van der Waals surface area contributed by atoms with E-state index in [-0.39, 0.29) is 20.1 Å². The molecule has 0 unspecified atom stereocenters. The van der Waals surface area contributed by atoms with Crippen LogP contribution in [0.2, 0.25) is 0 Å². The van der Waals surface area contributed by atoms with Crippen molar-refractivity contribution in [2.45, 2.75) is 74.1 Å². The molecule has 0 aliphatic heterocycles. The maximum Gasteiger partial charge on any atom is 0.0602 e. The van der Waals surface area contributed by atoms with E-state index < -0.39 is 0 Å². The van der Waals surface area contributed by atoms with Gasteiger partial charge >= 0.3 is 0 Å². The van der Waals surface area contributed by atoms with E-state index in [4.69, 9.17) is 0 Å². The van der Waals surface area contributed by atoms with Crippen molar-refractivity contribution in [3.05, 3.63) is 250 Å². The molecule has 0 atom stereocenters. The summed E-state index contributed by atoms with van der Waals surface area (Å²) in [6.45, 7) is 15.0. The van der Waals surface area contributed by atoms with Crippen molar-refractivity contribution < 1.29 is 20.1 Å². The number of rotatable bonds is 12. The molecule has 0 saturated heterocycles. The largest absolute Gasteiger partial charge is 0.340 e. The molecule has 0 saturated carbocycles. The second-order valence-electron chi connectivity index (χ2n) is 17.9. The van der Waals surface area contributed by atoms with E-state index >= 15 is 0 Å². The van der Waals surface area contributed by atoms with Gasteiger partial charge in [-0.1, -0.05) is 91.2 Å². The second kappa shape index (κ2) is 21.8. The number of imidazole rings is 3. The van der Waals surface area contributed by atoms with E-state index in [1.54, 1.807) is 0 Å². The van der Waals surface area contributed by atoms with Crippen molar-refractivity contribution in [3.63, 3.8) is 0 Å². The first-order valence-corrected chi connectivity index (χ1v) is 23.5. The maximum absolute atomic E-state index is 4.68. The van der Waals surface area contributed by atoms with Crippen LogP contribution < -0.4 is 0 Å². The molecule has 3 aromatic heterocycles. The summed E-state index contributed by atoms with van der Waals surface area (Å²) in [6.07, 6.45) is 15.6. The van der Waals surface area contributed by atoms with Gasteiger partial charge in [0, 0.05) is 74.3 Å². The van der Waals surface area contributed by atoms with Crippen LogP contribution in [0, 0.1) is 66.7 Å². The first-order valence-electron chi connectivity index (χ1n) is 23.5. The first kappa shape index (κ1) is 48.3. The van der Waals surface area contributed by atoms with Crippen molar-refractivity contribution >= 4 is 0 Å². The Kier molecular flexibility index (Phi) is 15.3. The molecule has 0 fully saturated rings. The van der Waals surface area contributed by atoms with E-state index in [9.17, 15) is 0 Å². The van der Waals surface area contributed by atoms with Crippen molar-refractivity contribution in [3.8, 4) is 51.2 Å². The van der Waals surface area contributed by atoms with Crippen LogP contribution in [0.15, 0.2) is 171 Å². The van der Waals surface area contributed by atoms with E-state index in [2.05, 4.69) is 205 Å². The molecule has 0 aliphatic carbocycles. The Morgan fingerprint density at radius 1 is 0.377 bits per heavy atom. The number of nitrogens with zero attached hydrogens (tertiary/aromatic N) is 6. The van der Waals surface area contributed by atoms with Gasteiger partial charge in [0.1, 0.15) is 0 Å². The fraction of sp³-hybridized carbons (Fsp3) is 0.177. The van der Waals surface area contributed by atoms with Gasteiger partial charge in [0.05, 0.1) is 17.5 Å². The Morgan fingerprint density at radius 2 is 0.768 bits per heavy atom. The summed E-state index contributed by atoms with van der Waals surface area (Å²) < 4.78 is 6.50. The molecule has 10 aromatic rings. The molecule has 0 spiro atoms. The smallest absolute Gasteiger partial charge is 0.0602 e. The van der Waals surface area contributed by atoms with E-state index in [1.165, 1.54) is 78.3 Å². The minimum atomic E-state index is 0. The van der Waals surface area contributed by atoms with Crippen LogP contribution in [0.1, 0.15) is 61.2 Å². The van der Waals surface area contributed by atoms with Gasteiger partial charge in [0.15, 0.2) is 0 Å². The predicted molar refractivity (Wildman–Crippen MR) is 278 cm³/mol. The van der Waals surface area contributed by atoms with Crippen molar-refractivity contribution in [2.24, 2.45) is 0 Å². The van der Waals surface area contributed by atoms with Gasteiger partial charge in [0.25, 0.3) is 0 Å². The number of hydrogen-bond acceptors (Lipinski definition) is 3. The third-order valence-electron chi connectivity index (χ3n) is 12.7. The molecule has 0 amide bonds. The number of hydrogen-bond donors (Lipinski definition) is 0. The summed E-state index contributed by atoms with van der Waals surface area (Å²) >= 11 is 0. The Bertz CT molecular complexity index is 3080. The van der Waals surface area contributed by atoms with Crippen molar-refractivity contribution in [1.29, 1.82) is 0 Å². The third kappa shape index (κ3) is 10.9. The quantitative estimate of drug-likeness (QED) is 0.115. The number of para-hydroxylation sites is 2. The Balaban J connectivity index is 0.000000255. The maximum atomic E-state index is 4.68. The summed E-state index contributed by atoms with van der Waals surface area (Å²) in [4.78, 5) is 13.9. The zero-order valence-corrected chi connectivity index (χ0v) is 42.9. The van der Waals surface area contributed by atoms with Crippen LogP contribution in [-0.2, 0) is 45.8 Å². The normalized spacial score (nSPS) is 10.9. The van der Waals surface area contributed by atoms with Gasteiger partial charge in [-0.2, -0.15) is 0 Å². The van der Waals surface area contributed by atoms with Crippen LogP contribution in [0.3, 0.4) is 0 Å². The van der Waals surface area contributed by atoms with Gasteiger partial charge in [0.2, 0.25) is 0 Å². The second-order valence-corrected chi connectivity index (χ2v) is 17.9. The molecule has 6 nitrogen and oxygen atoms in total. The van der Waals surface area contributed by atoms with Crippen molar-refractivity contribution in [1.82, 2.24) is 28.7 Å². The number of aryl methyl sites for hydroxylation is 11. The Labute approximate surface area is 421 Å². The van der Waals surface area contributed by atoms with Gasteiger partial charge in [-0.15, -0.1) is 107 Å². The average molecular weight is 1080 g/mol. The fourth-order valence-electron chi connectivity index (χ4n) is 9.53. The zero-order chi connectivity index (χ0) is 47.1. The molecule has 7 aromatic carbocycles. The van der Waals surface area contributed by atoms with Crippen LogP contribution in [0.4, 0.5) is 0 Å². The fourth-order valence-corrected chi connectivity index (χ4v) is 9.53. The summed E-state index contributed by atoms with van der Waals surface area (Å²) in [5, 5.41) is 0. The molecule has 10 rings (SSSR count). The van der Waals surface area contributed by atoms with E-state index in [0.29, 0.717) is 0 Å². The van der Waals surface area contributed by atoms with Gasteiger partial charge in [-0.05, 0) is 106 Å². The molecule has 0 aliphatic rings.